The lowest BCUT2D eigenvalue weighted by Gasteiger charge is -2.04. The van der Waals surface area contributed by atoms with Crippen LogP contribution in [0.1, 0.15) is 28.8 Å². The van der Waals surface area contributed by atoms with Crippen LogP contribution in [0.5, 0.6) is 0 Å². The van der Waals surface area contributed by atoms with E-state index in [1.165, 1.54) is 0 Å². The molecule has 0 saturated heterocycles. The second-order valence-corrected chi connectivity index (χ2v) is 3.62. The maximum Gasteiger partial charge on any atom is 0.251 e. The minimum Gasteiger partial charge on any atom is -0.352 e. The van der Waals surface area contributed by atoms with Crippen LogP contribution in [0.3, 0.4) is 0 Å². The Morgan fingerprint density at radius 3 is 3.00 bits per heavy atom. The summed E-state index contributed by atoms with van der Waals surface area (Å²) in [5.41, 5.74) is 1.53. The Labute approximate surface area is 100 Å². The van der Waals surface area contributed by atoms with Crippen LogP contribution < -0.4 is 5.32 Å². The summed E-state index contributed by atoms with van der Waals surface area (Å²) in [7, 11) is 0. The van der Waals surface area contributed by atoms with Gasteiger partial charge < -0.3 is 5.32 Å². The molecule has 3 nitrogen and oxygen atoms in total. The van der Waals surface area contributed by atoms with E-state index in [1.807, 2.05) is 18.2 Å². The number of amides is 1. The molecule has 0 heterocycles. The summed E-state index contributed by atoms with van der Waals surface area (Å²) in [6.07, 6.45) is 1.14. The van der Waals surface area contributed by atoms with E-state index in [0.29, 0.717) is 30.8 Å². The van der Waals surface area contributed by atoms with Crippen LogP contribution in [-0.4, -0.2) is 12.5 Å². The van der Waals surface area contributed by atoms with Crippen molar-refractivity contribution < 1.29 is 4.79 Å². The molecule has 0 bridgehead atoms. The van der Waals surface area contributed by atoms with Crippen molar-refractivity contribution in [3.63, 3.8) is 0 Å². The molecule has 0 aliphatic rings. The van der Waals surface area contributed by atoms with Gasteiger partial charge in [-0.25, -0.2) is 0 Å². The van der Waals surface area contributed by atoms with Gasteiger partial charge in [0.05, 0.1) is 6.07 Å². The third-order valence-electron chi connectivity index (χ3n) is 2.09. The first-order chi connectivity index (χ1) is 7.77. The number of nitrogens with zero attached hydrogens (tertiary/aromatic N) is 1. The maximum absolute atomic E-state index is 11.6. The van der Waals surface area contributed by atoms with Crippen LogP contribution in [0.25, 0.3) is 0 Å². The predicted molar refractivity (Wildman–Crippen MR) is 63.2 cm³/mol. The molecule has 0 fully saturated rings. The van der Waals surface area contributed by atoms with Gasteiger partial charge in [0.2, 0.25) is 0 Å². The van der Waals surface area contributed by atoms with Crippen LogP contribution >= 0.6 is 11.6 Å². The highest BCUT2D eigenvalue weighted by Gasteiger charge is 2.04. The topological polar surface area (TPSA) is 52.9 Å². The molecule has 0 aliphatic heterocycles. The monoisotopic (exact) mass is 236 g/mol. The molecule has 0 radical (unpaired) electrons. The van der Waals surface area contributed by atoms with Crippen molar-refractivity contribution in [3.8, 4) is 6.07 Å². The largest absolute Gasteiger partial charge is 0.352 e. The quantitative estimate of drug-likeness (QED) is 0.631. The molecule has 0 aliphatic carbocycles. The van der Waals surface area contributed by atoms with Crippen molar-refractivity contribution in [2.24, 2.45) is 0 Å². The van der Waals surface area contributed by atoms with Gasteiger partial charge in [0.25, 0.3) is 5.91 Å². The van der Waals surface area contributed by atoms with Gasteiger partial charge in [-0.3, -0.25) is 4.79 Å². The van der Waals surface area contributed by atoms with E-state index in [1.54, 1.807) is 12.1 Å². The zero-order chi connectivity index (χ0) is 11.8. The highest BCUT2D eigenvalue weighted by Crippen LogP contribution is 2.07. The summed E-state index contributed by atoms with van der Waals surface area (Å²) < 4.78 is 0. The van der Waals surface area contributed by atoms with Gasteiger partial charge in [-0.05, 0) is 24.1 Å². The van der Waals surface area contributed by atoms with E-state index in [-0.39, 0.29) is 5.91 Å². The lowest BCUT2D eigenvalue weighted by molar-refractivity contribution is 0.0953. The molecule has 0 unspecified atom stereocenters. The molecule has 4 heteroatoms. The van der Waals surface area contributed by atoms with Crippen LogP contribution in [0.15, 0.2) is 24.3 Å². The highest BCUT2D eigenvalue weighted by atomic mass is 35.5. The van der Waals surface area contributed by atoms with Gasteiger partial charge in [0.1, 0.15) is 0 Å². The van der Waals surface area contributed by atoms with E-state index in [2.05, 4.69) is 5.32 Å². The van der Waals surface area contributed by atoms with E-state index in [4.69, 9.17) is 16.9 Å². The SMILES string of the molecule is N#CCCCNC(=O)c1cccc(CCl)c1. The van der Waals surface area contributed by atoms with Crippen LogP contribution in [-0.2, 0) is 5.88 Å². The van der Waals surface area contributed by atoms with Crippen LogP contribution in [0.4, 0.5) is 0 Å². The van der Waals surface area contributed by atoms with Gasteiger partial charge in [0, 0.05) is 24.4 Å². The number of hydrogen-bond donors (Lipinski definition) is 1. The number of carbonyl (C=O) groups is 1. The van der Waals surface area contributed by atoms with Crippen LogP contribution in [0.2, 0.25) is 0 Å². The number of nitrogens with one attached hydrogen (secondary N) is 1. The molecule has 1 aromatic carbocycles. The third kappa shape index (κ3) is 3.92. The minimum absolute atomic E-state index is 0.120. The second-order valence-electron chi connectivity index (χ2n) is 3.35. The minimum atomic E-state index is -0.120. The number of alkyl halides is 1. The van der Waals surface area contributed by atoms with E-state index >= 15 is 0 Å². The number of halogens is 1. The lowest BCUT2D eigenvalue weighted by Crippen LogP contribution is -2.24. The number of unbranched alkanes of at least 4 members (excludes halogenated alkanes) is 1. The van der Waals surface area contributed by atoms with Gasteiger partial charge in [0.15, 0.2) is 0 Å². The van der Waals surface area contributed by atoms with Crippen molar-refractivity contribution in [1.29, 1.82) is 5.26 Å². The van der Waals surface area contributed by atoms with E-state index < -0.39 is 0 Å². The highest BCUT2D eigenvalue weighted by molar-refractivity contribution is 6.17. The molecule has 16 heavy (non-hydrogen) atoms. The van der Waals surface area contributed by atoms with Crippen molar-refractivity contribution in [3.05, 3.63) is 35.4 Å². The Bertz CT molecular complexity index is 398. The maximum atomic E-state index is 11.6. The van der Waals surface area contributed by atoms with Crippen molar-refractivity contribution in [1.82, 2.24) is 5.32 Å². The first-order valence-corrected chi connectivity index (χ1v) is 5.61. The number of carbonyl (C=O) groups excluding carboxylic acids is 1. The average Bonchev–Trinajstić information content (AvgIpc) is 2.34. The molecule has 0 spiro atoms. The molecule has 1 N–H and O–H groups in total. The van der Waals surface area contributed by atoms with Crippen molar-refractivity contribution >= 4 is 17.5 Å². The fourth-order valence-electron chi connectivity index (χ4n) is 1.27. The fourth-order valence-corrected chi connectivity index (χ4v) is 1.43. The molecule has 1 amide bonds. The summed E-state index contributed by atoms with van der Waals surface area (Å²) in [5, 5.41) is 11.1. The Morgan fingerprint density at radius 2 is 2.31 bits per heavy atom. The van der Waals surface area contributed by atoms with Crippen molar-refractivity contribution in [2.75, 3.05) is 6.54 Å². The van der Waals surface area contributed by atoms with Crippen molar-refractivity contribution in [2.45, 2.75) is 18.7 Å². The second kappa shape index (κ2) is 6.86. The van der Waals surface area contributed by atoms with Gasteiger partial charge in [-0.2, -0.15) is 5.26 Å². The normalized spacial score (nSPS) is 9.50. The fraction of sp³-hybridized carbons (Fsp3) is 0.333. The summed E-state index contributed by atoms with van der Waals surface area (Å²) in [5.74, 6) is 0.278. The Balaban J connectivity index is 2.49. The first kappa shape index (κ1) is 12.5. The number of rotatable bonds is 5. The average molecular weight is 237 g/mol. The van der Waals surface area contributed by atoms with E-state index in [0.717, 1.165) is 5.56 Å². The molecule has 84 valence electrons. The van der Waals surface area contributed by atoms with Gasteiger partial charge in [-0.15, -0.1) is 11.6 Å². The zero-order valence-corrected chi connectivity index (χ0v) is 9.63. The number of hydrogen-bond acceptors (Lipinski definition) is 2. The Morgan fingerprint density at radius 1 is 1.50 bits per heavy atom. The van der Waals surface area contributed by atoms with Gasteiger partial charge in [-0.1, -0.05) is 12.1 Å². The van der Waals surface area contributed by atoms with Gasteiger partial charge >= 0.3 is 0 Å². The van der Waals surface area contributed by atoms with Crippen LogP contribution in [0, 0.1) is 11.3 Å². The molecular weight excluding hydrogens is 224 g/mol. The number of nitriles is 1. The molecule has 1 aromatic rings. The Hall–Kier alpha value is -1.53. The van der Waals surface area contributed by atoms with E-state index in [9.17, 15) is 4.79 Å². The summed E-state index contributed by atoms with van der Waals surface area (Å²) in [4.78, 5) is 11.6. The summed E-state index contributed by atoms with van der Waals surface area (Å²) in [6, 6.07) is 9.23. The predicted octanol–water partition coefficient (Wildman–Crippen LogP) is 2.46. The third-order valence-corrected chi connectivity index (χ3v) is 2.40. The first-order valence-electron chi connectivity index (χ1n) is 5.08. The molecule has 0 atom stereocenters. The zero-order valence-electron chi connectivity index (χ0n) is 8.87. The molecular formula is C12H13ClN2O. The lowest BCUT2D eigenvalue weighted by atomic mass is 10.1. The standard InChI is InChI=1S/C12H13ClN2O/c13-9-10-4-3-5-11(8-10)12(16)15-7-2-1-6-14/h3-5,8H,1-2,7,9H2,(H,15,16). The molecule has 1 rings (SSSR count). The summed E-state index contributed by atoms with van der Waals surface area (Å²) in [6.45, 7) is 0.525. The molecule has 0 saturated carbocycles. The molecule has 0 aromatic heterocycles. The smallest absolute Gasteiger partial charge is 0.251 e. The number of benzene rings is 1. The summed E-state index contributed by atoms with van der Waals surface area (Å²) >= 11 is 5.68. The Kier molecular flexibility index (Phi) is 5.38.